The lowest BCUT2D eigenvalue weighted by Gasteiger charge is -1.98. The van der Waals surface area contributed by atoms with E-state index >= 15 is 0 Å². The standard InChI is InChI=1S/C19H12ClN3O3/c20-11-5-3-4-10(8-11)9-14-18(25)23-16(19(26)22-14)15-17(24)12-6-1-2-7-13(12)21-15/h1-9,21H,(H,22,26)(H,23,25). The van der Waals surface area contributed by atoms with E-state index in [9.17, 15) is 14.4 Å². The maximum Gasteiger partial charge on any atom is 0.274 e. The molecule has 2 aromatic carbocycles. The van der Waals surface area contributed by atoms with Crippen LogP contribution in [-0.4, -0.2) is 15.8 Å². The molecule has 0 atom stereocenters. The minimum absolute atomic E-state index is 0.0545. The Kier molecular flexibility index (Phi) is 3.82. The molecule has 3 N–H and O–H groups in total. The number of hydrogen-bond acceptors (Lipinski definition) is 4. The molecule has 7 heteroatoms. The van der Waals surface area contributed by atoms with Crippen LogP contribution in [0.15, 0.2) is 58.1 Å². The zero-order valence-corrected chi connectivity index (χ0v) is 14.1. The summed E-state index contributed by atoms with van der Waals surface area (Å²) in [6, 6.07) is 13.8. The number of hydrogen-bond donors (Lipinski definition) is 3. The molecule has 1 aromatic heterocycles. The topological polar surface area (TPSA) is 94.8 Å². The summed E-state index contributed by atoms with van der Waals surface area (Å²) in [5.74, 6) is -0.340. The van der Waals surface area contributed by atoms with E-state index in [1.807, 2.05) is 0 Å². The average Bonchev–Trinajstić information content (AvgIpc) is 2.95. The van der Waals surface area contributed by atoms with Crippen LogP contribution in [0.2, 0.25) is 5.02 Å². The van der Waals surface area contributed by atoms with E-state index in [1.165, 1.54) is 6.08 Å². The number of benzene rings is 2. The Hall–Kier alpha value is -3.38. The highest BCUT2D eigenvalue weighted by atomic mass is 35.5. The Balaban J connectivity index is 1.90. The Bertz CT molecular complexity index is 1290. The summed E-state index contributed by atoms with van der Waals surface area (Å²) in [6.07, 6.45) is 1.51. The maximum atomic E-state index is 12.5. The SMILES string of the molecule is O=C1C(=c2[nH]c(=O)c(=Cc3cccc(Cl)c3)[nH]c2=O)Nc2ccccc21. The Labute approximate surface area is 151 Å². The predicted molar refractivity (Wildman–Crippen MR) is 99.8 cm³/mol. The highest BCUT2D eigenvalue weighted by Gasteiger charge is 2.25. The molecule has 0 aliphatic carbocycles. The van der Waals surface area contributed by atoms with Crippen LogP contribution in [-0.2, 0) is 0 Å². The number of ketones is 1. The number of carbonyl (C=O) groups is 1. The van der Waals surface area contributed by atoms with Crippen molar-refractivity contribution in [2.24, 2.45) is 0 Å². The van der Waals surface area contributed by atoms with Crippen molar-refractivity contribution in [3.8, 4) is 0 Å². The number of para-hydroxylation sites is 1. The molecule has 1 aliphatic heterocycles. The first kappa shape index (κ1) is 16.1. The van der Waals surface area contributed by atoms with Crippen molar-refractivity contribution >= 4 is 34.8 Å². The van der Waals surface area contributed by atoms with Gasteiger partial charge in [0.05, 0.1) is 0 Å². The largest absolute Gasteiger partial charge is 0.350 e. The molecule has 0 radical (unpaired) electrons. The third kappa shape index (κ3) is 2.76. The summed E-state index contributed by atoms with van der Waals surface area (Å²) in [4.78, 5) is 42.3. The third-order valence-corrected chi connectivity index (χ3v) is 4.26. The minimum atomic E-state index is -0.568. The van der Waals surface area contributed by atoms with Gasteiger partial charge >= 0.3 is 0 Å². The van der Waals surface area contributed by atoms with Gasteiger partial charge in [0, 0.05) is 16.3 Å². The Morgan fingerprint density at radius 2 is 1.69 bits per heavy atom. The van der Waals surface area contributed by atoms with Gasteiger partial charge in [0.1, 0.15) is 16.4 Å². The molecule has 26 heavy (non-hydrogen) atoms. The van der Waals surface area contributed by atoms with E-state index in [0.29, 0.717) is 21.8 Å². The molecule has 2 heterocycles. The zero-order valence-electron chi connectivity index (χ0n) is 13.3. The van der Waals surface area contributed by atoms with Crippen LogP contribution in [0.25, 0.3) is 11.8 Å². The fraction of sp³-hybridized carbons (Fsp3) is 0. The van der Waals surface area contributed by atoms with E-state index in [-0.39, 0.29) is 22.2 Å². The number of carbonyl (C=O) groups excluding carboxylic acids is 1. The number of H-pyrrole nitrogens is 2. The van der Waals surface area contributed by atoms with Crippen LogP contribution in [0.4, 0.5) is 5.69 Å². The van der Waals surface area contributed by atoms with Gasteiger partial charge < -0.3 is 15.3 Å². The summed E-state index contributed by atoms with van der Waals surface area (Å²) >= 11 is 5.93. The zero-order chi connectivity index (χ0) is 18.3. The van der Waals surface area contributed by atoms with Crippen molar-refractivity contribution < 1.29 is 4.79 Å². The summed E-state index contributed by atoms with van der Waals surface area (Å²) in [5.41, 5.74) is 0.694. The monoisotopic (exact) mass is 365 g/mol. The maximum absolute atomic E-state index is 12.5. The Morgan fingerprint density at radius 1 is 0.885 bits per heavy atom. The van der Waals surface area contributed by atoms with E-state index < -0.39 is 11.1 Å². The lowest BCUT2D eigenvalue weighted by Crippen LogP contribution is -2.48. The first-order chi connectivity index (χ1) is 12.5. The summed E-state index contributed by atoms with van der Waals surface area (Å²) in [5, 5.41) is 3.39. The van der Waals surface area contributed by atoms with Crippen LogP contribution in [0.5, 0.6) is 0 Å². The molecule has 0 amide bonds. The number of aromatic nitrogens is 2. The molecule has 1 aliphatic rings. The second kappa shape index (κ2) is 6.16. The van der Waals surface area contributed by atoms with Crippen molar-refractivity contribution in [3.05, 3.63) is 96.1 Å². The minimum Gasteiger partial charge on any atom is -0.350 e. The molecule has 6 nitrogen and oxygen atoms in total. The van der Waals surface area contributed by atoms with Crippen molar-refractivity contribution in [3.63, 3.8) is 0 Å². The van der Waals surface area contributed by atoms with Gasteiger partial charge in [-0.05, 0) is 35.9 Å². The van der Waals surface area contributed by atoms with Gasteiger partial charge in [-0.3, -0.25) is 14.4 Å². The summed E-state index contributed by atoms with van der Waals surface area (Å²) in [6.45, 7) is 0. The van der Waals surface area contributed by atoms with Crippen LogP contribution >= 0.6 is 11.6 Å². The van der Waals surface area contributed by atoms with Gasteiger partial charge in [0.15, 0.2) is 0 Å². The number of Topliss-reactive ketones (excluding diaryl/α,β-unsaturated/α-hetero) is 1. The second-order valence-corrected chi connectivity index (χ2v) is 6.21. The van der Waals surface area contributed by atoms with Crippen LogP contribution in [0, 0.1) is 0 Å². The molecular formula is C19H12ClN3O3. The normalized spacial score (nSPS) is 15.7. The fourth-order valence-electron chi connectivity index (χ4n) is 2.81. The van der Waals surface area contributed by atoms with Crippen LogP contribution < -0.4 is 27.1 Å². The molecule has 0 saturated heterocycles. The second-order valence-electron chi connectivity index (χ2n) is 5.77. The van der Waals surface area contributed by atoms with E-state index in [4.69, 9.17) is 11.6 Å². The quantitative estimate of drug-likeness (QED) is 0.598. The van der Waals surface area contributed by atoms with Crippen LogP contribution in [0.1, 0.15) is 15.9 Å². The lowest BCUT2D eigenvalue weighted by molar-refractivity contribution is 0.105. The number of nitrogens with one attached hydrogen (secondary N) is 3. The Morgan fingerprint density at radius 3 is 2.46 bits per heavy atom. The molecule has 0 fully saturated rings. The molecule has 4 rings (SSSR count). The van der Waals surface area contributed by atoms with Crippen molar-refractivity contribution in [2.75, 3.05) is 5.32 Å². The van der Waals surface area contributed by atoms with Crippen LogP contribution in [0.3, 0.4) is 0 Å². The molecule has 128 valence electrons. The van der Waals surface area contributed by atoms with E-state index in [2.05, 4.69) is 15.3 Å². The summed E-state index contributed by atoms with van der Waals surface area (Å²) in [7, 11) is 0. The summed E-state index contributed by atoms with van der Waals surface area (Å²) < 4.78 is 0. The molecule has 3 aromatic rings. The number of fused-ring (bicyclic) bond motifs is 1. The molecule has 0 unspecified atom stereocenters. The third-order valence-electron chi connectivity index (χ3n) is 4.03. The van der Waals surface area contributed by atoms with E-state index in [0.717, 1.165) is 0 Å². The average molecular weight is 366 g/mol. The van der Waals surface area contributed by atoms with Gasteiger partial charge in [-0.2, -0.15) is 0 Å². The van der Waals surface area contributed by atoms with Crippen molar-refractivity contribution in [1.82, 2.24) is 9.97 Å². The molecule has 0 saturated carbocycles. The number of aromatic amines is 2. The smallest absolute Gasteiger partial charge is 0.274 e. The van der Waals surface area contributed by atoms with Gasteiger partial charge in [-0.1, -0.05) is 35.9 Å². The highest BCUT2D eigenvalue weighted by Crippen LogP contribution is 2.26. The number of anilines is 1. The van der Waals surface area contributed by atoms with E-state index in [1.54, 1.807) is 48.5 Å². The fourth-order valence-corrected chi connectivity index (χ4v) is 3.01. The van der Waals surface area contributed by atoms with Gasteiger partial charge in [-0.25, -0.2) is 0 Å². The van der Waals surface area contributed by atoms with Crippen molar-refractivity contribution in [2.45, 2.75) is 0 Å². The molecule has 0 spiro atoms. The van der Waals surface area contributed by atoms with Gasteiger partial charge in [0.2, 0.25) is 5.78 Å². The first-order valence-corrected chi connectivity index (χ1v) is 8.16. The lowest BCUT2D eigenvalue weighted by atomic mass is 10.1. The molecule has 0 bridgehead atoms. The number of halogens is 1. The van der Waals surface area contributed by atoms with Gasteiger partial charge in [0.25, 0.3) is 11.1 Å². The van der Waals surface area contributed by atoms with Crippen molar-refractivity contribution in [1.29, 1.82) is 0 Å². The first-order valence-electron chi connectivity index (χ1n) is 7.78. The number of rotatable bonds is 1. The highest BCUT2D eigenvalue weighted by molar-refractivity contribution is 6.33. The molecular weight excluding hydrogens is 354 g/mol. The van der Waals surface area contributed by atoms with Gasteiger partial charge in [-0.15, -0.1) is 0 Å². The predicted octanol–water partition coefficient (Wildman–Crippen LogP) is 0.962.